The van der Waals surface area contributed by atoms with Crippen LogP contribution in [0, 0.1) is 5.82 Å². The summed E-state index contributed by atoms with van der Waals surface area (Å²) in [6.07, 6.45) is 0.619. The van der Waals surface area contributed by atoms with Crippen LogP contribution < -0.4 is 9.64 Å². The highest BCUT2D eigenvalue weighted by molar-refractivity contribution is 7.14. The van der Waals surface area contributed by atoms with Gasteiger partial charge in [-0.15, -0.1) is 11.3 Å². The number of anilines is 2. The van der Waals surface area contributed by atoms with Crippen LogP contribution in [0.15, 0.2) is 53.9 Å². The maximum Gasteiger partial charge on any atom is 0.245 e. The molecule has 1 atom stereocenters. The molecule has 3 aromatic rings. The summed E-state index contributed by atoms with van der Waals surface area (Å²) in [4.78, 5) is 22.2. The quantitative estimate of drug-likeness (QED) is 0.515. The first-order valence-electron chi connectivity index (χ1n) is 10.6. The second-order valence-corrected chi connectivity index (χ2v) is 8.29. The molecule has 0 N–H and O–H groups in total. The Balaban J connectivity index is 1.71. The Bertz CT molecular complexity index is 1030. The van der Waals surface area contributed by atoms with E-state index in [9.17, 15) is 9.18 Å². The molecule has 6 nitrogen and oxygen atoms in total. The third-order valence-electron chi connectivity index (χ3n) is 5.49. The zero-order chi connectivity index (χ0) is 22.5. The molecule has 1 aliphatic heterocycles. The number of halogens is 1. The van der Waals surface area contributed by atoms with E-state index in [4.69, 9.17) is 14.5 Å². The van der Waals surface area contributed by atoms with Gasteiger partial charge in [0.25, 0.3) is 0 Å². The number of carbonyl (C=O) groups excluding carboxylic acids is 1. The lowest BCUT2D eigenvalue weighted by atomic mass is 10.1. The van der Waals surface area contributed by atoms with Gasteiger partial charge in [0.1, 0.15) is 17.6 Å². The van der Waals surface area contributed by atoms with Crippen LogP contribution in [0.1, 0.15) is 13.3 Å². The topological polar surface area (TPSA) is 54.9 Å². The summed E-state index contributed by atoms with van der Waals surface area (Å²) >= 11 is 1.46. The molecule has 0 aliphatic carbocycles. The molecule has 0 spiro atoms. The number of thiazole rings is 1. The van der Waals surface area contributed by atoms with Gasteiger partial charge >= 0.3 is 0 Å². The van der Waals surface area contributed by atoms with Crippen LogP contribution in [0.4, 0.5) is 15.2 Å². The van der Waals surface area contributed by atoms with Gasteiger partial charge < -0.3 is 19.3 Å². The van der Waals surface area contributed by atoms with Crippen LogP contribution in [-0.2, 0) is 9.53 Å². The summed E-state index contributed by atoms with van der Waals surface area (Å²) in [5, 5.41) is 2.65. The highest BCUT2D eigenvalue weighted by Gasteiger charge is 2.32. The van der Waals surface area contributed by atoms with E-state index in [0.29, 0.717) is 37.9 Å². The second kappa shape index (κ2) is 10.1. The Morgan fingerprint density at radius 1 is 1.19 bits per heavy atom. The number of methoxy groups -OCH3 is 1. The van der Waals surface area contributed by atoms with Gasteiger partial charge in [0.2, 0.25) is 5.91 Å². The highest BCUT2D eigenvalue weighted by Crippen LogP contribution is 2.36. The fraction of sp³-hybridized carbons (Fsp3) is 0.333. The molecule has 2 aromatic carbocycles. The van der Waals surface area contributed by atoms with E-state index in [1.165, 1.54) is 23.5 Å². The molecule has 0 saturated carbocycles. The van der Waals surface area contributed by atoms with Gasteiger partial charge in [-0.05, 0) is 55.0 Å². The Morgan fingerprint density at radius 3 is 2.50 bits per heavy atom. The lowest BCUT2D eigenvalue weighted by molar-refractivity contribution is -0.136. The molecule has 1 aromatic heterocycles. The summed E-state index contributed by atoms with van der Waals surface area (Å²) in [5.74, 6) is 0.517. The van der Waals surface area contributed by atoms with Crippen molar-refractivity contribution in [2.45, 2.75) is 19.4 Å². The molecule has 32 heavy (non-hydrogen) atoms. The van der Waals surface area contributed by atoms with Crippen LogP contribution in [-0.4, -0.2) is 55.2 Å². The third kappa shape index (κ3) is 4.76. The standard InChI is InChI=1S/C24H26FN3O3S/c1-3-22(23(29)27-12-14-31-15-13-27)28(19-8-10-20(30-2)11-9-19)24-26-21(16-32-24)17-4-6-18(25)7-5-17/h4-11,16,22H,3,12-15H2,1-2H3/t22-/m0/s1. The monoisotopic (exact) mass is 455 g/mol. The van der Waals surface area contributed by atoms with Crippen molar-refractivity contribution < 1.29 is 18.7 Å². The van der Waals surface area contributed by atoms with Gasteiger partial charge in [-0.2, -0.15) is 0 Å². The number of nitrogens with zero attached hydrogens (tertiary/aromatic N) is 3. The largest absolute Gasteiger partial charge is 0.497 e. The number of carbonyl (C=O) groups is 1. The minimum absolute atomic E-state index is 0.0603. The van der Waals surface area contributed by atoms with Gasteiger partial charge in [-0.25, -0.2) is 9.37 Å². The van der Waals surface area contributed by atoms with Crippen molar-refractivity contribution in [3.63, 3.8) is 0 Å². The number of benzene rings is 2. The Hall–Kier alpha value is -2.97. The first kappa shape index (κ1) is 22.2. The van der Waals surface area contributed by atoms with Crippen LogP contribution in [0.5, 0.6) is 5.75 Å². The van der Waals surface area contributed by atoms with Crippen molar-refractivity contribution in [3.8, 4) is 17.0 Å². The van der Waals surface area contributed by atoms with Crippen LogP contribution in [0.25, 0.3) is 11.3 Å². The molecular weight excluding hydrogens is 429 g/mol. The van der Waals surface area contributed by atoms with Gasteiger partial charge in [0.15, 0.2) is 5.13 Å². The zero-order valence-corrected chi connectivity index (χ0v) is 19.0. The summed E-state index contributed by atoms with van der Waals surface area (Å²) in [7, 11) is 1.62. The molecule has 1 aliphatic rings. The maximum absolute atomic E-state index is 13.5. The number of rotatable bonds is 7. The second-order valence-electron chi connectivity index (χ2n) is 7.45. The molecule has 8 heteroatoms. The average Bonchev–Trinajstić information content (AvgIpc) is 3.33. The minimum Gasteiger partial charge on any atom is -0.497 e. The summed E-state index contributed by atoms with van der Waals surface area (Å²) in [6.45, 7) is 4.29. The number of hydrogen-bond donors (Lipinski definition) is 0. The predicted octanol–water partition coefficient (Wildman–Crippen LogP) is 4.73. The molecule has 0 radical (unpaired) electrons. The van der Waals surface area contributed by atoms with E-state index in [-0.39, 0.29) is 11.7 Å². The van der Waals surface area contributed by atoms with Crippen molar-refractivity contribution in [2.75, 3.05) is 38.3 Å². The van der Waals surface area contributed by atoms with E-state index in [2.05, 4.69) is 0 Å². The van der Waals surface area contributed by atoms with E-state index in [1.807, 2.05) is 46.4 Å². The molecule has 2 heterocycles. The van der Waals surface area contributed by atoms with E-state index in [0.717, 1.165) is 22.7 Å². The van der Waals surface area contributed by atoms with Crippen molar-refractivity contribution >= 4 is 28.1 Å². The first-order chi connectivity index (χ1) is 15.6. The minimum atomic E-state index is -0.409. The summed E-state index contributed by atoms with van der Waals surface area (Å²) in [6, 6.07) is 13.5. The summed E-state index contributed by atoms with van der Waals surface area (Å²) in [5.41, 5.74) is 2.44. The molecule has 168 valence electrons. The average molecular weight is 456 g/mol. The van der Waals surface area contributed by atoms with Gasteiger partial charge in [0, 0.05) is 29.7 Å². The molecule has 0 unspecified atom stereocenters. The fourth-order valence-electron chi connectivity index (χ4n) is 3.76. The van der Waals surface area contributed by atoms with Gasteiger partial charge in [-0.1, -0.05) is 6.92 Å². The number of ether oxygens (including phenoxy) is 2. The fourth-order valence-corrected chi connectivity index (χ4v) is 4.66. The highest BCUT2D eigenvalue weighted by atomic mass is 32.1. The van der Waals surface area contributed by atoms with Crippen molar-refractivity contribution in [2.24, 2.45) is 0 Å². The van der Waals surface area contributed by atoms with Crippen LogP contribution >= 0.6 is 11.3 Å². The number of aromatic nitrogens is 1. The Kier molecular flexibility index (Phi) is 7.02. The first-order valence-corrected chi connectivity index (χ1v) is 11.5. The van der Waals surface area contributed by atoms with E-state index >= 15 is 0 Å². The van der Waals surface area contributed by atoms with Crippen molar-refractivity contribution in [1.82, 2.24) is 9.88 Å². The SMILES string of the molecule is CC[C@@H](C(=O)N1CCOCC1)N(c1ccc(OC)cc1)c1nc(-c2ccc(F)cc2)cs1. The smallest absolute Gasteiger partial charge is 0.245 e. The third-order valence-corrected chi connectivity index (χ3v) is 6.33. The zero-order valence-electron chi connectivity index (χ0n) is 18.2. The number of hydrogen-bond acceptors (Lipinski definition) is 6. The van der Waals surface area contributed by atoms with Crippen LogP contribution in [0.2, 0.25) is 0 Å². The molecule has 0 bridgehead atoms. The lowest BCUT2D eigenvalue weighted by Gasteiger charge is -2.35. The molecule has 4 rings (SSSR count). The molecule has 1 amide bonds. The predicted molar refractivity (Wildman–Crippen MR) is 124 cm³/mol. The Morgan fingerprint density at radius 2 is 1.88 bits per heavy atom. The lowest BCUT2D eigenvalue weighted by Crippen LogP contribution is -2.50. The Labute approximate surface area is 191 Å². The van der Waals surface area contributed by atoms with Crippen molar-refractivity contribution in [3.05, 3.63) is 59.7 Å². The maximum atomic E-state index is 13.5. The van der Waals surface area contributed by atoms with Gasteiger partial charge in [-0.3, -0.25) is 4.79 Å². The molecular formula is C24H26FN3O3S. The van der Waals surface area contributed by atoms with Gasteiger partial charge in [0.05, 0.1) is 26.0 Å². The molecule has 1 fully saturated rings. The number of morpholine rings is 1. The normalized spacial score (nSPS) is 14.8. The van der Waals surface area contributed by atoms with E-state index in [1.54, 1.807) is 19.2 Å². The summed E-state index contributed by atoms with van der Waals surface area (Å²) < 4.78 is 24.1. The number of amides is 1. The van der Waals surface area contributed by atoms with Crippen LogP contribution in [0.3, 0.4) is 0 Å². The van der Waals surface area contributed by atoms with Crippen molar-refractivity contribution in [1.29, 1.82) is 0 Å². The van der Waals surface area contributed by atoms with E-state index < -0.39 is 6.04 Å². The molecule has 1 saturated heterocycles.